The number of anilines is 1. The highest BCUT2D eigenvalue weighted by Gasteiger charge is 2.22. The van der Waals surface area contributed by atoms with Crippen molar-refractivity contribution >= 4 is 47.3 Å². The van der Waals surface area contributed by atoms with Crippen LogP contribution in [0, 0.1) is 0 Å². The van der Waals surface area contributed by atoms with Gasteiger partial charge in [-0.25, -0.2) is 13.0 Å². The van der Waals surface area contributed by atoms with Gasteiger partial charge in [0.1, 0.15) is 21.6 Å². The van der Waals surface area contributed by atoms with Crippen LogP contribution in [0.3, 0.4) is 0 Å². The van der Waals surface area contributed by atoms with Crippen molar-refractivity contribution in [2.75, 3.05) is 18.0 Å². The maximum Gasteiger partial charge on any atom is 0.295 e. The van der Waals surface area contributed by atoms with Gasteiger partial charge in [0.2, 0.25) is 0 Å². The summed E-state index contributed by atoms with van der Waals surface area (Å²) in [5, 5.41) is 0. The van der Waals surface area contributed by atoms with Crippen LogP contribution in [0.15, 0.2) is 142 Å². The van der Waals surface area contributed by atoms with E-state index in [4.69, 9.17) is 0 Å². The molecule has 0 amide bonds. The van der Waals surface area contributed by atoms with Crippen LogP contribution in [0.5, 0.6) is 0 Å². The van der Waals surface area contributed by atoms with Gasteiger partial charge in [-0.3, -0.25) is 20.8 Å². The first-order chi connectivity index (χ1) is 25.1. The van der Waals surface area contributed by atoms with Crippen molar-refractivity contribution < 1.29 is 43.5 Å². The second-order valence-corrected chi connectivity index (χ2v) is 15.9. The molecule has 1 aliphatic rings. The third-order valence-corrected chi connectivity index (χ3v) is 11.0. The lowest BCUT2D eigenvalue weighted by molar-refractivity contribution is -0.539. The van der Waals surface area contributed by atoms with Gasteiger partial charge in [0.25, 0.3) is 20.2 Å². The van der Waals surface area contributed by atoms with Crippen molar-refractivity contribution in [2.45, 2.75) is 41.6 Å². The first kappa shape index (κ1) is 41.0. The van der Waals surface area contributed by atoms with Crippen molar-refractivity contribution in [3.63, 3.8) is 0 Å². The maximum atomic E-state index is 12.5. The molecule has 0 saturated heterocycles. The second kappa shape index (κ2) is 17.4. The summed E-state index contributed by atoms with van der Waals surface area (Å²) in [4.78, 5) is 1.25. The first-order valence-electron chi connectivity index (χ1n) is 16.2. The number of rotatable bonds is 12. The zero-order chi connectivity index (χ0) is 39.0. The molecule has 16 heteroatoms. The van der Waals surface area contributed by atoms with Crippen LogP contribution in [-0.4, -0.2) is 62.3 Å². The van der Waals surface area contributed by atoms with E-state index in [0.29, 0.717) is 54.0 Å². The number of hydrogen-bond acceptors (Lipinski definition) is 10. The average molecular weight is 781 g/mol. The summed E-state index contributed by atoms with van der Waals surface area (Å²) in [7, 11) is -13.6. The molecule has 280 valence electrons. The van der Waals surface area contributed by atoms with E-state index in [1.807, 2.05) is 71.9 Å². The molecule has 53 heavy (non-hydrogen) atoms. The Morgan fingerprint density at radius 2 is 1.30 bits per heavy atom. The van der Waals surface area contributed by atoms with Crippen molar-refractivity contribution in [3.8, 4) is 0 Å². The molecule has 4 aromatic rings. The normalized spacial score (nSPS) is 13.0. The number of allylic oxidation sites excluding steroid dienone is 5. The molecule has 0 aromatic heterocycles. The molecule has 0 unspecified atom stereocenters. The van der Waals surface area contributed by atoms with E-state index in [0.717, 1.165) is 11.4 Å². The van der Waals surface area contributed by atoms with Crippen molar-refractivity contribution in [2.24, 2.45) is 11.7 Å². The summed E-state index contributed by atoms with van der Waals surface area (Å²) >= 11 is 0. The predicted molar refractivity (Wildman–Crippen MR) is 202 cm³/mol. The van der Waals surface area contributed by atoms with Crippen molar-refractivity contribution in [3.05, 3.63) is 149 Å². The SMILES string of the molecule is CCN(Cc1cccc(S(=O)(=O)O)c1)c1ccc(C(=C2C=CC(=[N+](CC)Cc3cccc(S(=O)(=O)[O-])c3)C=C2)c2ccccc2S(=O)(=O)O)cc1.NN. The van der Waals surface area contributed by atoms with E-state index in [1.165, 1.54) is 42.5 Å². The molecule has 0 aliphatic heterocycles. The van der Waals surface area contributed by atoms with Gasteiger partial charge in [0.05, 0.1) is 9.79 Å². The largest absolute Gasteiger partial charge is 0.744 e. The van der Waals surface area contributed by atoms with Crippen LogP contribution in [0.2, 0.25) is 0 Å². The van der Waals surface area contributed by atoms with E-state index >= 15 is 0 Å². The molecule has 0 fully saturated rings. The fourth-order valence-corrected chi connectivity index (χ4v) is 7.66. The van der Waals surface area contributed by atoms with E-state index < -0.39 is 30.4 Å². The molecule has 0 bridgehead atoms. The van der Waals surface area contributed by atoms with Gasteiger partial charge in [0.15, 0.2) is 12.3 Å². The zero-order valence-electron chi connectivity index (χ0n) is 28.9. The Balaban J connectivity index is 0.00000308. The molecule has 0 spiro atoms. The smallest absolute Gasteiger partial charge is 0.295 e. The Morgan fingerprint density at radius 1 is 0.717 bits per heavy atom. The summed E-state index contributed by atoms with van der Waals surface area (Å²) in [6, 6.07) is 25.5. The number of nitrogens with zero attached hydrogens (tertiary/aromatic N) is 2. The van der Waals surface area contributed by atoms with Crippen LogP contribution in [0.25, 0.3) is 5.57 Å². The van der Waals surface area contributed by atoms with Crippen LogP contribution < -0.4 is 16.6 Å². The van der Waals surface area contributed by atoms with Gasteiger partial charge < -0.3 is 9.45 Å². The Labute approximate surface area is 310 Å². The Morgan fingerprint density at radius 3 is 1.87 bits per heavy atom. The topological polar surface area (TPSA) is 224 Å². The van der Waals surface area contributed by atoms with Crippen molar-refractivity contribution in [1.82, 2.24) is 0 Å². The lowest BCUT2D eigenvalue weighted by atomic mass is 9.90. The van der Waals surface area contributed by atoms with Crippen molar-refractivity contribution in [1.29, 1.82) is 0 Å². The summed E-state index contributed by atoms with van der Waals surface area (Å²) in [5.74, 6) is 8.00. The summed E-state index contributed by atoms with van der Waals surface area (Å²) in [6.45, 7) is 5.71. The van der Waals surface area contributed by atoms with Gasteiger partial charge in [-0.05, 0) is 90.7 Å². The van der Waals surface area contributed by atoms with Gasteiger partial charge in [0, 0.05) is 42.1 Å². The molecule has 6 N–H and O–H groups in total. The standard InChI is InChI=1S/C37H36N2O9S3.H4N2/c1-3-38(25-27-9-7-11-33(23-27)49(40,41)42)31-19-15-29(16-20-31)37(35-13-5-6-14-36(35)51(46,47)48)30-17-21-32(22-18-30)39(4-2)26-28-10-8-12-34(24-28)50(43,44)45;1-2/h5-24H,3-4,25-26H2,1-2H3,(H2-,40,41,42,43,44,45,46,47,48);1-2H2. The van der Waals surface area contributed by atoms with E-state index in [-0.39, 0.29) is 20.2 Å². The summed E-state index contributed by atoms with van der Waals surface area (Å²) in [5.41, 5.74) is 5.08. The number of hydrazine groups is 1. The average Bonchev–Trinajstić information content (AvgIpc) is 3.14. The molecule has 0 radical (unpaired) electrons. The molecule has 0 heterocycles. The zero-order valence-corrected chi connectivity index (χ0v) is 31.4. The molecular weight excluding hydrogens is 741 g/mol. The lowest BCUT2D eigenvalue weighted by Crippen LogP contribution is -2.22. The Bertz CT molecular complexity index is 2400. The van der Waals surface area contributed by atoms with Gasteiger partial charge in [-0.1, -0.05) is 54.6 Å². The maximum absolute atomic E-state index is 12.5. The molecule has 0 saturated carbocycles. The number of hydrogen-bond donors (Lipinski definition) is 4. The fourth-order valence-electron chi connectivity index (χ4n) is 5.87. The van der Waals surface area contributed by atoms with Crippen LogP contribution in [-0.2, 0) is 43.4 Å². The highest BCUT2D eigenvalue weighted by atomic mass is 32.2. The van der Waals surface area contributed by atoms with Gasteiger partial charge >= 0.3 is 0 Å². The summed E-state index contributed by atoms with van der Waals surface area (Å²) < 4.78 is 105. The third-order valence-electron chi connectivity index (χ3n) is 8.37. The predicted octanol–water partition coefficient (Wildman–Crippen LogP) is 4.53. The molecule has 1 aliphatic carbocycles. The third kappa shape index (κ3) is 10.4. The van der Waals surface area contributed by atoms with Gasteiger partial charge in [-0.15, -0.1) is 0 Å². The molecule has 5 rings (SSSR count). The number of nitrogens with two attached hydrogens (primary N) is 2. The monoisotopic (exact) mass is 780 g/mol. The van der Waals surface area contributed by atoms with Crippen LogP contribution in [0.4, 0.5) is 5.69 Å². The second-order valence-electron chi connectivity index (χ2n) is 11.7. The minimum Gasteiger partial charge on any atom is -0.744 e. The van der Waals surface area contributed by atoms with E-state index in [1.54, 1.807) is 30.3 Å². The first-order valence-corrected chi connectivity index (χ1v) is 20.5. The minimum absolute atomic E-state index is 0.194. The fraction of sp³-hybridized carbons (Fsp3) is 0.162. The van der Waals surface area contributed by atoms with E-state index in [9.17, 15) is 38.9 Å². The number of benzene rings is 4. The molecule has 13 nitrogen and oxygen atoms in total. The molecular formula is C37H40N4O9S3. The summed E-state index contributed by atoms with van der Waals surface area (Å²) in [6.07, 6.45) is 7.39. The lowest BCUT2D eigenvalue weighted by Gasteiger charge is -2.24. The quantitative estimate of drug-likeness (QED) is 0.0674. The Kier molecular flexibility index (Phi) is 13.4. The minimum atomic E-state index is -4.61. The molecule has 0 atom stereocenters. The van der Waals surface area contributed by atoms with Crippen LogP contribution >= 0.6 is 0 Å². The highest BCUT2D eigenvalue weighted by molar-refractivity contribution is 7.86. The van der Waals surface area contributed by atoms with E-state index in [2.05, 4.69) is 11.7 Å². The highest BCUT2D eigenvalue weighted by Crippen LogP contribution is 2.35. The van der Waals surface area contributed by atoms with Crippen LogP contribution in [0.1, 0.15) is 36.1 Å². The van der Waals surface area contributed by atoms with Gasteiger partial charge in [-0.2, -0.15) is 16.8 Å². The Hall–Kier alpha value is -4.78. The molecule has 4 aromatic carbocycles.